The zero-order valence-electron chi connectivity index (χ0n) is 18.4. The summed E-state index contributed by atoms with van der Waals surface area (Å²) in [7, 11) is 0. The van der Waals surface area contributed by atoms with Gasteiger partial charge in [0, 0.05) is 42.5 Å². The summed E-state index contributed by atoms with van der Waals surface area (Å²) in [6.07, 6.45) is 6.16. The summed E-state index contributed by atoms with van der Waals surface area (Å²) < 4.78 is 0. The SMILES string of the molecule is CCCNC(=O)C1(Cc2ccccc2-c2cccs2)CCN(C(=O)c2ccncc2)CC1. The second kappa shape index (κ2) is 10.1. The van der Waals surface area contributed by atoms with Crippen LogP contribution < -0.4 is 5.32 Å². The van der Waals surface area contributed by atoms with Gasteiger partial charge < -0.3 is 10.2 Å². The van der Waals surface area contributed by atoms with Gasteiger partial charge in [-0.25, -0.2) is 0 Å². The van der Waals surface area contributed by atoms with Crippen LogP contribution in [0.5, 0.6) is 0 Å². The first-order chi connectivity index (χ1) is 15.6. The molecule has 6 heteroatoms. The van der Waals surface area contributed by atoms with Crippen molar-refractivity contribution in [3.63, 3.8) is 0 Å². The van der Waals surface area contributed by atoms with E-state index in [0.29, 0.717) is 44.5 Å². The van der Waals surface area contributed by atoms with Gasteiger partial charge in [-0.15, -0.1) is 11.3 Å². The van der Waals surface area contributed by atoms with E-state index in [-0.39, 0.29) is 11.8 Å². The van der Waals surface area contributed by atoms with Gasteiger partial charge in [0.05, 0.1) is 5.41 Å². The number of nitrogens with one attached hydrogen (secondary N) is 1. The molecule has 1 fully saturated rings. The van der Waals surface area contributed by atoms with Gasteiger partial charge in [-0.05, 0) is 60.4 Å². The molecule has 0 spiro atoms. The number of benzene rings is 1. The minimum Gasteiger partial charge on any atom is -0.356 e. The van der Waals surface area contributed by atoms with Gasteiger partial charge in [-0.1, -0.05) is 37.3 Å². The summed E-state index contributed by atoms with van der Waals surface area (Å²) in [5.74, 6) is 0.116. The number of hydrogen-bond acceptors (Lipinski definition) is 4. The molecule has 5 nitrogen and oxygen atoms in total. The maximum absolute atomic E-state index is 13.4. The number of hydrogen-bond donors (Lipinski definition) is 1. The van der Waals surface area contributed by atoms with E-state index in [0.717, 1.165) is 6.42 Å². The van der Waals surface area contributed by atoms with Crippen LogP contribution in [0.15, 0.2) is 66.3 Å². The zero-order valence-corrected chi connectivity index (χ0v) is 19.2. The molecule has 0 unspecified atom stereocenters. The van der Waals surface area contributed by atoms with Crippen LogP contribution in [0.2, 0.25) is 0 Å². The molecule has 3 heterocycles. The highest BCUT2D eigenvalue weighted by atomic mass is 32.1. The Morgan fingerprint density at radius 2 is 1.81 bits per heavy atom. The van der Waals surface area contributed by atoms with Crippen molar-refractivity contribution >= 4 is 23.2 Å². The second-order valence-corrected chi connectivity index (χ2v) is 9.32. The van der Waals surface area contributed by atoms with Crippen LogP contribution in [0.25, 0.3) is 10.4 Å². The first-order valence-corrected chi connectivity index (χ1v) is 12.1. The lowest BCUT2D eigenvalue weighted by molar-refractivity contribution is -0.133. The standard InChI is InChI=1S/C26H29N3O2S/c1-2-13-28-25(31)26(19-21-6-3-4-7-22(21)23-8-5-18-32-23)11-16-29(17-12-26)24(30)20-9-14-27-15-10-20/h3-10,14-15,18H,2,11-13,16-17,19H2,1H3,(H,28,31). The van der Waals surface area contributed by atoms with Gasteiger partial charge in [0.15, 0.2) is 0 Å². The van der Waals surface area contributed by atoms with Gasteiger partial charge in [0.1, 0.15) is 0 Å². The highest BCUT2D eigenvalue weighted by Gasteiger charge is 2.42. The predicted molar refractivity (Wildman–Crippen MR) is 129 cm³/mol. The van der Waals surface area contributed by atoms with E-state index in [9.17, 15) is 9.59 Å². The fourth-order valence-corrected chi connectivity index (χ4v) is 5.22. The van der Waals surface area contributed by atoms with Crippen molar-refractivity contribution in [2.45, 2.75) is 32.6 Å². The van der Waals surface area contributed by atoms with Crippen molar-refractivity contribution in [3.8, 4) is 10.4 Å². The summed E-state index contributed by atoms with van der Waals surface area (Å²) in [6.45, 7) is 3.88. The lowest BCUT2D eigenvalue weighted by Crippen LogP contribution is -2.51. The molecular weight excluding hydrogens is 418 g/mol. The maximum Gasteiger partial charge on any atom is 0.253 e. The molecule has 1 saturated heterocycles. The average Bonchev–Trinajstić information content (AvgIpc) is 3.38. The highest BCUT2D eigenvalue weighted by molar-refractivity contribution is 7.13. The van der Waals surface area contributed by atoms with Crippen molar-refractivity contribution in [2.75, 3.05) is 19.6 Å². The fourth-order valence-electron chi connectivity index (χ4n) is 4.44. The third kappa shape index (κ3) is 4.75. The van der Waals surface area contributed by atoms with Crippen LogP contribution in [-0.2, 0) is 11.2 Å². The Balaban J connectivity index is 1.57. The molecule has 1 aliphatic heterocycles. The molecule has 0 radical (unpaired) electrons. The quantitative estimate of drug-likeness (QED) is 0.566. The molecule has 0 atom stereocenters. The second-order valence-electron chi connectivity index (χ2n) is 8.38. The van der Waals surface area contributed by atoms with Crippen LogP contribution in [0.1, 0.15) is 42.1 Å². The number of likely N-dealkylation sites (tertiary alicyclic amines) is 1. The Morgan fingerprint density at radius 3 is 2.50 bits per heavy atom. The van der Waals surface area contributed by atoms with E-state index in [2.05, 4.69) is 52.9 Å². The average molecular weight is 448 g/mol. The minimum atomic E-state index is -0.516. The molecule has 1 N–H and O–H groups in total. The molecule has 166 valence electrons. The van der Waals surface area contributed by atoms with E-state index in [1.807, 2.05) is 11.0 Å². The monoisotopic (exact) mass is 447 g/mol. The smallest absolute Gasteiger partial charge is 0.253 e. The van der Waals surface area contributed by atoms with Crippen molar-refractivity contribution < 1.29 is 9.59 Å². The Hall–Kier alpha value is -2.99. The summed E-state index contributed by atoms with van der Waals surface area (Å²) in [6, 6.07) is 16.1. The van der Waals surface area contributed by atoms with Crippen molar-refractivity contribution in [3.05, 3.63) is 77.4 Å². The number of carbonyl (C=O) groups is 2. The Labute approximate surface area is 193 Å². The molecule has 1 aliphatic rings. The van der Waals surface area contributed by atoms with Crippen molar-refractivity contribution in [1.82, 2.24) is 15.2 Å². The summed E-state index contributed by atoms with van der Waals surface area (Å²) in [4.78, 5) is 33.4. The zero-order chi connectivity index (χ0) is 22.4. The normalized spacial score (nSPS) is 15.3. The lowest BCUT2D eigenvalue weighted by atomic mass is 9.72. The van der Waals surface area contributed by atoms with Gasteiger partial charge >= 0.3 is 0 Å². The van der Waals surface area contributed by atoms with Gasteiger partial charge in [0.25, 0.3) is 5.91 Å². The minimum absolute atomic E-state index is 0.00829. The molecule has 1 aromatic carbocycles. The molecule has 2 amide bonds. The largest absolute Gasteiger partial charge is 0.356 e. The summed E-state index contributed by atoms with van der Waals surface area (Å²) in [5, 5.41) is 5.23. The number of amides is 2. The molecule has 0 bridgehead atoms. The molecule has 2 aromatic heterocycles. The Bertz CT molecular complexity index is 1040. The van der Waals surface area contributed by atoms with Crippen molar-refractivity contribution in [2.24, 2.45) is 5.41 Å². The Morgan fingerprint density at radius 1 is 1.06 bits per heavy atom. The van der Waals surface area contributed by atoms with E-state index < -0.39 is 5.41 Å². The number of nitrogens with zero attached hydrogens (tertiary/aromatic N) is 2. The van der Waals surface area contributed by atoms with Crippen LogP contribution in [0, 0.1) is 5.41 Å². The molecular formula is C26H29N3O2S. The number of carbonyl (C=O) groups excluding carboxylic acids is 2. The fraction of sp³-hybridized carbons (Fsp3) is 0.346. The van der Waals surface area contributed by atoms with Gasteiger partial charge in [-0.3, -0.25) is 14.6 Å². The van der Waals surface area contributed by atoms with E-state index >= 15 is 0 Å². The third-order valence-corrected chi connectivity index (χ3v) is 7.19. The molecule has 0 aliphatic carbocycles. The number of aromatic nitrogens is 1. The van der Waals surface area contributed by atoms with Crippen LogP contribution in [-0.4, -0.2) is 41.3 Å². The number of piperidine rings is 1. The maximum atomic E-state index is 13.4. The number of rotatable bonds is 7. The van der Waals surface area contributed by atoms with E-state index in [1.165, 1.54) is 16.0 Å². The molecule has 3 aromatic rings. The van der Waals surface area contributed by atoms with Gasteiger partial charge in [-0.2, -0.15) is 0 Å². The first-order valence-electron chi connectivity index (χ1n) is 11.2. The molecule has 4 rings (SSSR count). The molecule has 32 heavy (non-hydrogen) atoms. The predicted octanol–water partition coefficient (Wildman–Crippen LogP) is 4.80. The van der Waals surface area contributed by atoms with Crippen molar-refractivity contribution in [1.29, 1.82) is 0 Å². The Kier molecular flexibility index (Phi) is 7.00. The summed E-state index contributed by atoms with van der Waals surface area (Å²) >= 11 is 1.72. The lowest BCUT2D eigenvalue weighted by Gasteiger charge is -2.41. The van der Waals surface area contributed by atoms with Crippen LogP contribution in [0.3, 0.4) is 0 Å². The third-order valence-electron chi connectivity index (χ3n) is 6.29. The summed E-state index contributed by atoms with van der Waals surface area (Å²) in [5.41, 5.74) is 2.51. The topological polar surface area (TPSA) is 62.3 Å². The van der Waals surface area contributed by atoms with Crippen LogP contribution >= 0.6 is 11.3 Å². The van der Waals surface area contributed by atoms with Gasteiger partial charge in [0.2, 0.25) is 5.91 Å². The number of thiophene rings is 1. The highest BCUT2D eigenvalue weighted by Crippen LogP contribution is 2.39. The molecule has 0 saturated carbocycles. The van der Waals surface area contributed by atoms with E-state index in [4.69, 9.17) is 0 Å². The van der Waals surface area contributed by atoms with Crippen LogP contribution in [0.4, 0.5) is 0 Å². The first kappa shape index (κ1) is 22.2. The van der Waals surface area contributed by atoms with E-state index in [1.54, 1.807) is 35.9 Å². The number of pyridine rings is 1.